The summed E-state index contributed by atoms with van der Waals surface area (Å²) in [6.45, 7) is 0. The Kier molecular flexibility index (Phi) is 6.15. The molecule has 1 heterocycles. The maximum Gasteiger partial charge on any atom is 0.258 e. The number of thiocarbonyl (C=S) groups is 1. The smallest absolute Gasteiger partial charge is 0.258 e. The Morgan fingerprint density at radius 2 is 1.68 bits per heavy atom. The number of carbonyl (C=O) groups excluding carboxylic acids is 1. The Labute approximate surface area is 214 Å². The molecule has 0 aliphatic rings. The van der Waals surface area contributed by atoms with E-state index in [4.69, 9.17) is 51.4 Å². The topological polar surface area (TPSA) is 67.2 Å². The van der Waals surface area contributed by atoms with Crippen molar-refractivity contribution in [2.75, 3.05) is 5.32 Å². The van der Waals surface area contributed by atoms with Crippen LogP contribution in [-0.2, 0) is 0 Å². The lowest BCUT2D eigenvalue weighted by molar-refractivity contribution is 0.0979. The second kappa shape index (κ2) is 9.24. The standard InChI is InChI=1S/C25H14Cl3N3O2S/c26-13-7-10-22-21(11-13)30-24(33-22)18-12-14(8-9-20(18)28)29-25(34)31-23(32)17-5-1-4-16-15(17)3-2-6-19(16)27/h1-12H,(H2,29,31,32,34). The number of nitrogens with zero attached hydrogens (tertiary/aromatic N) is 1. The Hall–Kier alpha value is -3.16. The van der Waals surface area contributed by atoms with Gasteiger partial charge in [-0.05, 0) is 66.1 Å². The van der Waals surface area contributed by atoms with Crippen LogP contribution in [0.15, 0.2) is 77.2 Å². The molecule has 0 fully saturated rings. The molecule has 168 valence electrons. The van der Waals surface area contributed by atoms with Crippen molar-refractivity contribution >= 4 is 85.6 Å². The van der Waals surface area contributed by atoms with Crippen LogP contribution in [0.4, 0.5) is 5.69 Å². The minimum Gasteiger partial charge on any atom is -0.436 e. The third-order valence-corrected chi connectivity index (χ3v) is 6.24. The van der Waals surface area contributed by atoms with Crippen molar-refractivity contribution in [2.24, 2.45) is 0 Å². The molecule has 34 heavy (non-hydrogen) atoms. The van der Waals surface area contributed by atoms with E-state index in [2.05, 4.69) is 15.6 Å². The monoisotopic (exact) mass is 525 g/mol. The Balaban J connectivity index is 1.37. The van der Waals surface area contributed by atoms with Crippen LogP contribution < -0.4 is 10.6 Å². The van der Waals surface area contributed by atoms with E-state index < -0.39 is 0 Å². The number of fused-ring (bicyclic) bond motifs is 2. The SMILES string of the molecule is O=C(NC(=S)Nc1ccc(Cl)c(-c2nc3cc(Cl)ccc3o2)c1)c1cccc2c(Cl)cccc12. The summed E-state index contributed by atoms with van der Waals surface area (Å²) >= 11 is 24.1. The van der Waals surface area contributed by atoms with Gasteiger partial charge in [0.05, 0.1) is 10.6 Å². The van der Waals surface area contributed by atoms with Crippen LogP contribution in [-0.4, -0.2) is 16.0 Å². The third kappa shape index (κ3) is 4.45. The molecule has 0 aliphatic carbocycles. The number of amides is 1. The van der Waals surface area contributed by atoms with Gasteiger partial charge in [-0.3, -0.25) is 10.1 Å². The molecule has 0 atom stereocenters. The van der Waals surface area contributed by atoms with Gasteiger partial charge >= 0.3 is 0 Å². The van der Waals surface area contributed by atoms with Gasteiger partial charge in [0.15, 0.2) is 10.7 Å². The zero-order valence-corrected chi connectivity index (χ0v) is 20.3. The van der Waals surface area contributed by atoms with Gasteiger partial charge < -0.3 is 9.73 Å². The summed E-state index contributed by atoms with van der Waals surface area (Å²) in [5, 5.41) is 8.95. The first-order valence-electron chi connectivity index (χ1n) is 10.0. The van der Waals surface area contributed by atoms with Crippen LogP contribution in [0, 0.1) is 0 Å². The largest absolute Gasteiger partial charge is 0.436 e. The fourth-order valence-electron chi connectivity index (χ4n) is 3.59. The second-order valence-corrected chi connectivity index (χ2v) is 9.03. The lowest BCUT2D eigenvalue weighted by Crippen LogP contribution is -2.34. The van der Waals surface area contributed by atoms with Gasteiger partial charge in [0.25, 0.3) is 5.91 Å². The number of hydrogen-bond acceptors (Lipinski definition) is 4. The summed E-state index contributed by atoms with van der Waals surface area (Å²) in [4.78, 5) is 17.4. The van der Waals surface area contributed by atoms with E-state index in [9.17, 15) is 4.79 Å². The molecule has 9 heteroatoms. The van der Waals surface area contributed by atoms with E-state index in [0.717, 1.165) is 10.8 Å². The molecule has 5 rings (SSSR count). The number of nitrogens with one attached hydrogen (secondary N) is 2. The summed E-state index contributed by atoms with van der Waals surface area (Å²) in [5.74, 6) is -0.0103. The highest BCUT2D eigenvalue weighted by Crippen LogP contribution is 2.33. The summed E-state index contributed by atoms with van der Waals surface area (Å²) < 4.78 is 5.83. The maximum absolute atomic E-state index is 12.9. The lowest BCUT2D eigenvalue weighted by atomic mass is 10.0. The lowest BCUT2D eigenvalue weighted by Gasteiger charge is -2.12. The average molecular weight is 527 g/mol. The van der Waals surface area contributed by atoms with E-state index in [0.29, 0.717) is 48.9 Å². The van der Waals surface area contributed by atoms with Crippen molar-refractivity contribution in [3.05, 3.63) is 93.4 Å². The van der Waals surface area contributed by atoms with Gasteiger partial charge in [0, 0.05) is 26.7 Å². The first kappa shape index (κ1) is 22.6. The van der Waals surface area contributed by atoms with E-state index in [1.807, 2.05) is 12.1 Å². The van der Waals surface area contributed by atoms with E-state index in [1.165, 1.54) is 0 Å². The molecule has 0 unspecified atom stereocenters. The third-order valence-electron chi connectivity index (χ3n) is 5.14. The predicted octanol–water partition coefficient (Wildman–Crippen LogP) is 7.74. The Morgan fingerprint density at radius 3 is 2.53 bits per heavy atom. The van der Waals surface area contributed by atoms with Crippen LogP contribution in [0.25, 0.3) is 33.3 Å². The molecule has 5 aromatic rings. The number of anilines is 1. The number of carbonyl (C=O) groups is 1. The molecule has 4 aromatic carbocycles. The van der Waals surface area contributed by atoms with Crippen LogP contribution in [0.3, 0.4) is 0 Å². The minimum absolute atomic E-state index is 0.127. The summed E-state index contributed by atoms with van der Waals surface area (Å²) in [6, 6.07) is 21.1. The van der Waals surface area contributed by atoms with E-state index in [-0.39, 0.29) is 11.0 Å². The van der Waals surface area contributed by atoms with Crippen LogP contribution in [0.2, 0.25) is 15.1 Å². The molecule has 0 saturated carbocycles. The highest BCUT2D eigenvalue weighted by molar-refractivity contribution is 7.80. The molecule has 0 aliphatic heterocycles. The van der Waals surface area contributed by atoms with Crippen molar-refractivity contribution in [3.63, 3.8) is 0 Å². The molecule has 0 bridgehead atoms. The zero-order valence-electron chi connectivity index (χ0n) is 17.2. The maximum atomic E-state index is 12.9. The Bertz CT molecular complexity index is 1600. The van der Waals surface area contributed by atoms with Gasteiger partial charge in [-0.25, -0.2) is 4.98 Å². The van der Waals surface area contributed by atoms with Gasteiger partial charge in [-0.1, -0.05) is 59.1 Å². The number of rotatable bonds is 3. The minimum atomic E-state index is -0.351. The summed E-state index contributed by atoms with van der Waals surface area (Å²) in [7, 11) is 0. The first-order valence-corrected chi connectivity index (χ1v) is 11.6. The highest BCUT2D eigenvalue weighted by atomic mass is 35.5. The van der Waals surface area contributed by atoms with Crippen molar-refractivity contribution in [1.29, 1.82) is 0 Å². The average Bonchev–Trinajstić information content (AvgIpc) is 3.23. The normalized spacial score (nSPS) is 11.0. The van der Waals surface area contributed by atoms with Crippen LogP contribution in [0.1, 0.15) is 10.4 Å². The fraction of sp³-hybridized carbons (Fsp3) is 0. The molecule has 0 saturated heterocycles. The number of benzene rings is 4. The molecular formula is C25H14Cl3N3O2S. The molecule has 2 N–H and O–H groups in total. The molecule has 1 aromatic heterocycles. The van der Waals surface area contributed by atoms with E-state index in [1.54, 1.807) is 60.7 Å². The molecule has 1 amide bonds. The van der Waals surface area contributed by atoms with Crippen LogP contribution in [0.5, 0.6) is 0 Å². The van der Waals surface area contributed by atoms with Gasteiger partial charge in [0.1, 0.15) is 5.52 Å². The summed E-state index contributed by atoms with van der Waals surface area (Å²) in [6.07, 6.45) is 0. The molecular weight excluding hydrogens is 513 g/mol. The fourth-order valence-corrected chi connectivity index (χ4v) is 4.40. The van der Waals surface area contributed by atoms with Crippen LogP contribution >= 0.6 is 47.0 Å². The number of halogens is 3. The quantitative estimate of drug-likeness (QED) is 0.235. The van der Waals surface area contributed by atoms with E-state index >= 15 is 0 Å². The highest BCUT2D eigenvalue weighted by Gasteiger charge is 2.15. The molecule has 0 spiro atoms. The van der Waals surface area contributed by atoms with Gasteiger partial charge in [-0.2, -0.15) is 0 Å². The number of oxazole rings is 1. The van der Waals surface area contributed by atoms with Crippen molar-refractivity contribution in [3.8, 4) is 11.5 Å². The van der Waals surface area contributed by atoms with Crippen molar-refractivity contribution in [2.45, 2.75) is 0 Å². The number of aromatic nitrogens is 1. The van der Waals surface area contributed by atoms with Gasteiger partial charge in [-0.15, -0.1) is 0 Å². The van der Waals surface area contributed by atoms with Gasteiger partial charge in [0.2, 0.25) is 5.89 Å². The van der Waals surface area contributed by atoms with Crippen molar-refractivity contribution < 1.29 is 9.21 Å². The molecule has 5 nitrogen and oxygen atoms in total. The predicted molar refractivity (Wildman–Crippen MR) is 142 cm³/mol. The Morgan fingerprint density at radius 1 is 0.882 bits per heavy atom. The molecule has 0 radical (unpaired) electrons. The first-order chi connectivity index (χ1) is 16.4. The zero-order chi connectivity index (χ0) is 23.8. The summed E-state index contributed by atoms with van der Waals surface area (Å²) in [5.41, 5.74) is 2.84. The number of hydrogen-bond donors (Lipinski definition) is 2. The van der Waals surface area contributed by atoms with Crippen molar-refractivity contribution in [1.82, 2.24) is 10.3 Å². The second-order valence-electron chi connectivity index (χ2n) is 7.37.